The smallest absolute Gasteiger partial charge is 0.267 e. The van der Waals surface area contributed by atoms with Gasteiger partial charge < -0.3 is 0 Å². The van der Waals surface area contributed by atoms with Gasteiger partial charge >= 0.3 is 0 Å². The van der Waals surface area contributed by atoms with Crippen LogP contribution in [0.3, 0.4) is 0 Å². The fourth-order valence-corrected chi connectivity index (χ4v) is 3.21. The van der Waals surface area contributed by atoms with Gasteiger partial charge in [0, 0.05) is 17.0 Å². The predicted octanol–water partition coefficient (Wildman–Crippen LogP) is 4.02. The van der Waals surface area contributed by atoms with Gasteiger partial charge in [-0.05, 0) is 42.0 Å². The molecule has 0 aliphatic carbocycles. The number of aromatic nitrogens is 2. The number of hydrogen-bond donors (Lipinski definition) is 1. The number of nitrogens with one attached hydrogen (secondary N) is 1. The Morgan fingerprint density at radius 1 is 0.964 bits per heavy atom. The summed E-state index contributed by atoms with van der Waals surface area (Å²) in [5.74, 6) is 0.0439. The van der Waals surface area contributed by atoms with E-state index in [1.807, 2.05) is 30.3 Å². The standard InChI is InChI=1S/C22H16ClN3O2/c23-17-10-6-7-15(13-17)14-20-24-19-12-5-4-11-18(19)22(28)26(20)25-21(27)16-8-2-1-3-9-16/h1-13H,14H2,(H,25,27). The Morgan fingerprint density at radius 3 is 2.50 bits per heavy atom. The average molecular weight is 390 g/mol. The van der Waals surface area contributed by atoms with Crippen LogP contribution in [0, 0.1) is 0 Å². The van der Waals surface area contributed by atoms with Crippen molar-refractivity contribution >= 4 is 28.4 Å². The van der Waals surface area contributed by atoms with Gasteiger partial charge in [-0.3, -0.25) is 15.0 Å². The fraction of sp³-hybridized carbons (Fsp3) is 0.0455. The van der Waals surface area contributed by atoms with Crippen molar-refractivity contribution < 1.29 is 4.79 Å². The fourth-order valence-electron chi connectivity index (χ4n) is 3.00. The zero-order valence-corrected chi connectivity index (χ0v) is 15.6. The van der Waals surface area contributed by atoms with Crippen LogP contribution in [-0.2, 0) is 6.42 Å². The SMILES string of the molecule is O=C(Nn1c(Cc2cccc(Cl)c2)nc2ccccc2c1=O)c1ccccc1. The van der Waals surface area contributed by atoms with Crippen LogP contribution >= 0.6 is 11.6 Å². The van der Waals surface area contributed by atoms with Gasteiger partial charge in [-0.1, -0.05) is 54.1 Å². The lowest BCUT2D eigenvalue weighted by Crippen LogP contribution is -2.36. The van der Waals surface area contributed by atoms with E-state index in [-0.39, 0.29) is 11.5 Å². The maximum absolute atomic E-state index is 13.1. The molecule has 6 heteroatoms. The van der Waals surface area contributed by atoms with E-state index in [4.69, 9.17) is 11.6 Å². The quantitative estimate of drug-likeness (QED) is 0.573. The van der Waals surface area contributed by atoms with Crippen molar-refractivity contribution in [2.45, 2.75) is 6.42 Å². The molecule has 4 rings (SSSR count). The molecule has 0 unspecified atom stereocenters. The van der Waals surface area contributed by atoms with Crippen LogP contribution in [0.25, 0.3) is 10.9 Å². The average Bonchev–Trinajstić information content (AvgIpc) is 2.71. The number of nitrogens with zero attached hydrogens (tertiary/aromatic N) is 2. The summed E-state index contributed by atoms with van der Waals surface area (Å²) >= 11 is 6.08. The van der Waals surface area contributed by atoms with Crippen molar-refractivity contribution in [1.29, 1.82) is 0 Å². The van der Waals surface area contributed by atoms with E-state index in [2.05, 4.69) is 10.4 Å². The molecule has 0 aliphatic rings. The van der Waals surface area contributed by atoms with Gasteiger partial charge in [0.05, 0.1) is 10.9 Å². The van der Waals surface area contributed by atoms with Crippen molar-refractivity contribution in [2.24, 2.45) is 0 Å². The number of carbonyl (C=O) groups excluding carboxylic acids is 1. The van der Waals surface area contributed by atoms with Crippen molar-refractivity contribution in [3.63, 3.8) is 0 Å². The molecule has 1 aromatic heterocycles. The summed E-state index contributed by atoms with van der Waals surface area (Å²) < 4.78 is 1.22. The first-order valence-electron chi connectivity index (χ1n) is 8.73. The first-order chi connectivity index (χ1) is 13.6. The first-order valence-corrected chi connectivity index (χ1v) is 9.11. The van der Waals surface area contributed by atoms with Crippen molar-refractivity contribution in [3.8, 4) is 0 Å². The number of para-hydroxylation sites is 1. The monoisotopic (exact) mass is 389 g/mol. The second-order valence-electron chi connectivity index (χ2n) is 6.30. The number of benzene rings is 3. The van der Waals surface area contributed by atoms with E-state index in [1.165, 1.54) is 4.68 Å². The lowest BCUT2D eigenvalue weighted by Gasteiger charge is -2.15. The topological polar surface area (TPSA) is 64.0 Å². The highest BCUT2D eigenvalue weighted by Crippen LogP contribution is 2.15. The Labute approximate surface area is 166 Å². The molecule has 0 saturated carbocycles. The molecule has 0 aliphatic heterocycles. The minimum absolute atomic E-state index is 0.327. The summed E-state index contributed by atoms with van der Waals surface area (Å²) in [5.41, 5.74) is 4.28. The molecule has 4 aromatic rings. The number of carbonyl (C=O) groups is 1. The van der Waals surface area contributed by atoms with E-state index < -0.39 is 0 Å². The summed E-state index contributed by atoms with van der Waals surface area (Å²) in [6.07, 6.45) is 0.343. The third-order valence-electron chi connectivity index (χ3n) is 4.35. The summed E-state index contributed by atoms with van der Waals surface area (Å²) in [4.78, 5) is 30.3. The Bertz CT molecular complexity index is 1220. The number of rotatable bonds is 4. The molecule has 1 N–H and O–H groups in total. The molecule has 1 heterocycles. The van der Waals surface area contributed by atoms with Crippen LogP contribution in [-0.4, -0.2) is 15.6 Å². The molecule has 0 spiro atoms. The van der Waals surface area contributed by atoms with Crippen molar-refractivity contribution in [2.75, 3.05) is 5.43 Å². The molecule has 0 radical (unpaired) electrons. The second kappa shape index (κ2) is 7.66. The van der Waals surface area contributed by atoms with Crippen LogP contribution in [0.15, 0.2) is 83.7 Å². The van der Waals surface area contributed by atoms with E-state index in [0.29, 0.717) is 33.7 Å². The Morgan fingerprint density at radius 2 is 1.71 bits per heavy atom. The summed E-state index contributed by atoms with van der Waals surface area (Å²) in [6, 6.07) is 23.1. The predicted molar refractivity (Wildman–Crippen MR) is 110 cm³/mol. The van der Waals surface area contributed by atoms with Crippen LogP contribution in [0.5, 0.6) is 0 Å². The van der Waals surface area contributed by atoms with Gasteiger partial charge in [-0.2, -0.15) is 0 Å². The highest BCUT2D eigenvalue weighted by molar-refractivity contribution is 6.30. The van der Waals surface area contributed by atoms with Gasteiger partial charge in [-0.25, -0.2) is 9.66 Å². The number of halogens is 1. The molecule has 0 atom stereocenters. The molecule has 0 bridgehead atoms. The molecule has 1 amide bonds. The van der Waals surface area contributed by atoms with Gasteiger partial charge in [0.2, 0.25) is 0 Å². The summed E-state index contributed by atoms with van der Waals surface area (Å²) in [5, 5.41) is 1.03. The first kappa shape index (κ1) is 17.9. The molecular formula is C22H16ClN3O2. The van der Waals surface area contributed by atoms with Crippen LogP contribution in [0.2, 0.25) is 5.02 Å². The van der Waals surface area contributed by atoms with Crippen LogP contribution in [0.1, 0.15) is 21.7 Å². The molecule has 28 heavy (non-hydrogen) atoms. The molecular weight excluding hydrogens is 374 g/mol. The third kappa shape index (κ3) is 3.66. The summed E-state index contributed by atoms with van der Waals surface area (Å²) in [7, 11) is 0. The van der Waals surface area contributed by atoms with Gasteiger partial charge in [-0.15, -0.1) is 0 Å². The van der Waals surface area contributed by atoms with E-state index in [9.17, 15) is 9.59 Å². The minimum Gasteiger partial charge on any atom is -0.267 e. The maximum atomic E-state index is 13.1. The second-order valence-corrected chi connectivity index (χ2v) is 6.74. The molecule has 5 nitrogen and oxygen atoms in total. The van der Waals surface area contributed by atoms with Crippen molar-refractivity contribution in [1.82, 2.24) is 9.66 Å². The highest BCUT2D eigenvalue weighted by atomic mass is 35.5. The molecule has 3 aromatic carbocycles. The van der Waals surface area contributed by atoms with Crippen LogP contribution < -0.4 is 11.0 Å². The van der Waals surface area contributed by atoms with Gasteiger partial charge in [0.25, 0.3) is 11.5 Å². The minimum atomic E-state index is -0.382. The Hall–Kier alpha value is -3.44. The largest absolute Gasteiger partial charge is 0.280 e. The number of hydrogen-bond acceptors (Lipinski definition) is 3. The molecule has 138 valence electrons. The zero-order chi connectivity index (χ0) is 19.5. The van der Waals surface area contributed by atoms with Crippen LogP contribution in [0.4, 0.5) is 0 Å². The summed E-state index contributed by atoms with van der Waals surface area (Å²) in [6.45, 7) is 0. The third-order valence-corrected chi connectivity index (χ3v) is 4.58. The van der Waals surface area contributed by atoms with Gasteiger partial charge in [0.15, 0.2) is 0 Å². The van der Waals surface area contributed by atoms with E-state index in [1.54, 1.807) is 48.5 Å². The Balaban J connectivity index is 1.81. The lowest BCUT2D eigenvalue weighted by atomic mass is 10.1. The molecule has 0 saturated heterocycles. The van der Waals surface area contributed by atoms with Crippen molar-refractivity contribution in [3.05, 3.63) is 111 Å². The van der Waals surface area contributed by atoms with Gasteiger partial charge in [0.1, 0.15) is 5.82 Å². The zero-order valence-electron chi connectivity index (χ0n) is 14.8. The number of amides is 1. The number of fused-ring (bicyclic) bond motifs is 1. The van der Waals surface area contributed by atoms with E-state index >= 15 is 0 Å². The van der Waals surface area contributed by atoms with E-state index in [0.717, 1.165) is 5.56 Å². The lowest BCUT2D eigenvalue weighted by molar-refractivity contribution is 0.101. The normalized spacial score (nSPS) is 10.8. The maximum Gasteiger partial charge on any atom is 0.280 e. The highest BCUT2D eigenvalue weighted by Gasteiger charge is 2.15. The Kier molecular flexibility index (Phi) is 4.91. The molecule has 0 fully saturated rings.